The van der Waals surface area contributed by atoms with Crippen molar-refractivity contribution in [3.8, 4) is 0 Å². The molecule has 8 heteroatoms. The highest BCUT2D eigenvalue weighted by molar-refractivity contribution is 7.90. The summed E-state index contributed by atoms with van der Waals surface area (Å²) in [4.78, 5) is 17.5. The molecule has 1 amide bonds. The third-order valence-electron chi connectivity index (χ3n) is 4.64. The lowest BCUT2D eigenvalue weighted by Gasteiger charge is -2.03. The quantitative estimate of drug-likeness (QED) is 0.439. The first-order valence-corrected chi connectivity index (χ1v) is 12.1. The van der Waals surface area contributed by atoms with Gasteiger partial charge in [-0.15, -0.1) is 11.3 Å². The predicted molar refractivity (Wildman–Crippen MR) is 119 cm³/mol. The standard InChI is InChI=1S/C23H20N2O4S2/c1-17-7-9-18(10-8-17)15-25-13-14-30-23(25)24-22(26)21-12-11-19(29-21)16-31(27,28)20-5-3-2-4-6-20/h2-14H,15-16H2,1H3. The second kappa shape index (κ2) is 8.87. The SMILES string of the molecule is Cc1ccc(Cn2ccsc2=NC(=O)c2ccc(CS(=O)(=O)c3ccccc3)o2)cc1. The van der Waals surface area contributed by atoms with E-state index in [1.165, 1.54) is 41.2 Å². The average molecular weight is 453 g/mol. The van der Waals surface area contributed by atoms with Gasteiger partial charge in [0.1, 0.15) is 11.5 Å². The zero-order valence-electron chi connectivity index (χ0n) is 16.8. The summed E-state index contributed by atoms with van der Waals surface area (Å²) in [6, 6.07) is 19.3. The summed E-state index contributed by atoms with van der Waals surface area (Å²) in [5.41, 5.74) is 2.28. The summed E-state index contributed by atoms with van der Waals surface area (Å²) in [6.07, 6.45) is 1.87. The van der Waals surface area contributed by atoms with Gasteiger partial charge in [-0.2, -0.15) is 4.99 Å². The van der Waals surface area contributed by atoms with E-state index in [4.69, 9.17) is 4.42 Å². The van der Waals surface area contributed by atoms with Gasteiger partial charge in [0.2, 0.25) is 0 Å². The molecule has 4 rings (SSSR count). The van der Waals surface area contributed by atoms with Crippen LogP contribution in [0.4, 0.5) is 0 Å². The molecule has 0 unspecified atom stereocenters. The van der Waals surface area contributed by atoms with Crippen molar-refractivity contribution >= 4 is 27.1 Å². The van der Waals surface area contributed by atoms with Crippen molar-refractivity contribution in [3.63, 3.8) is 0 Å². The minimum Gasteiger partial charge on any atom is -0.455 e. The van der Waals surface area contributed by atoms with Crippen LogP contribution < -0.4 is 4.80 Å². The Morgan fingerprint density at radius 1 is 1.03 bits per heavy atom. The van der Waals surface area contributed by atoms with Crippen LogP contribution in [0.3, 0.4) is 0 Å². The molecule has 0 aliphatic carbocycles. The van der Waals surface area contributed by atoms with Crippen LogP contribution in [0.25, 0.3) is 0 Å². The molecule has 0 saturated carbocycles. The number of carbonyl (C=O) groups is 1. The fourth-order valence-electron chi connectivity index (χ4n) is 3.01. The van der Waals surface area contributed by atoms with Gasteiger partial charge in [0.05, 0.1) is 4.90 Å². The fourth-order valence-corrected chi connectivity index (χ4v) is 5.00. The zero-order chi connectivity index (χ0) is 21.8. The van der Waals surface area contributed by atoms with Crippen LogP contribution in [0, 0.1) is 6.92 Å². The number of hydrogen-bond donors (Lipinski definition) is 0. The van der Waals surface area contributed by atoms with Gasteiger partial charge >= 0.3 is 5.91 Å². The lowest BCUT2D eigenvalue weighted by molar-refractivity contribution is 0.0970. The van der Waals surface area contributed by atoms with E-state index in [0.29, 0.717) is 11.3 Å². The molecule has 0 atom stereocenters. The highest BCUT2D eigenvalue weighted by Crippen LogP contribution is 2.18. The van der Waals surface area contributed by atoms with Gasteiger partial charge in [0.15, 0.2) is 20.4 Å². The number of rotatable bonds is 6. The molecule has 0 saturated heterocycles. The van der Waals surface area contributed by atoms with Crippen LogP contribution >= 0.6 is 11.3 Å². The Bertz CT molecular complexity index is 1360. The minimum absolute atomic E-state index is 0.00791. The highest BCUT2D eigenvalue weighted by atomic mass is 32.2. The number of sulfone groups is 1. The zero-order valence-corrected chi connectivity index (χ0v) is 18.4. The van der Waals surface area contributed by atoms with E-state index in [9.17, 15) is 13.2 Å². The van der Waals surface area contributed by atoms with Gasteiger partial charge in [-0.3, -0.25) is 4.79 Å². The predicted octanol–water partition coefficient (Wildman–Crippen LogP) is 4.21. The highest BCUT2D eigenvalue weighted by Gasteiger charge is 2.19. The van der Waals surface area contributed by atoms with Crippen molar-refractivity contribution in [2.75, 3.05) is 0 Å². The monoisotopic (exact) mass is 452 g/mol. The topological polar surface area (TPSA) is 81.6 Å². The third kappa shape index (κ3) is 5.10. The molecule has 0 N–H and O–H groups in total. The Labute approximate surface area is 184 Å². The number of aryl methyl sites for hydroxylation is 1. The molecule has 6 nitrogen and oxygen atoms in total. The first kappa shape index (κ1) is 21.0. The number of benzene rings is 2. The van der Waals surface area contributed by atoms with E-state index in [1.54, 1.807) is 18.2 Å². The van der Waals surface area contributed by atoms with Gasteiger partial charge < -0.3 is 8.98 Å². The molecular weight excluding hydrogens is 432 g/mol. The van der Waals surface area contributed by atoms with Crippen LogP contribution in [-0.4, -0.2) is 18.9 Å². The van der Waals surface area contributed by atoms with Crippen LogP contribution in [0.5, 0.6) is 0 Å². The molecule has 2 aromatic carbocycles. The van der Waals surface area contributed by atoms with Gasteiger partial charge in [-0.05, 0) is 36.8 Å². The molecule has 0 bridgehead atoms. The molecule has 0 radical (unpaired) electrons. The fraction of sp³-hybridized carbons (Fsp3) is 0.130. The Morgan fingerprint density at radius 2 is 1.77 bits per heavy atom. The number of carbonyl (C=O) groups excluding carboxylic acids is 1. The van der Waals surface area contributed by atoms with E-state index < -0.39 is 15.7 Å². The van der Waals surface area contributed by atoms with Crippen molar-refractivity contribution in [1.82, 2.24) is 4.57 Å². The van der Waals surface area contributed by atoms with Gasteiger partial charge in [0, 0.05) is 18.1 Å². The van der Waals surface area contributed by atoms with Crippen LogP contribution in [0.1, 0.15) is 27.4 Å². The summed E-state index contributed by atoms with van der Waals surface area (Å²) in [5.74, 6) is -0.672. The summed E-state index contributed by atoms with van der Waals surface area (Å²) < 4.78 is 32.4. The second-order valence-corrected chi connectivity index (χ2v) is 9.92. The molecule has 2 heterocycles. The first-order chi connectivity index (χ1) is 14.9. The number of aromatic nitrogens is 1. The Hall–Kier alpha value is -3.23. The third-order valence-corrected chi connectivity index (χ3v) is 7.09. The van der Waals surface area contributed by atoms with E-state index >= 15 is 0 Å². The van der Waals surface area contributed by atoms with Gasteiger partial charge in [-0.25, -0.2) is 8.42 Å². The number of hydrogen-bond acceptors (Lipinski definition) is 5. The molecular formula is C23H20N2O4S2. The molecule has 2 aromatic heterocycles. The van der Waals surface area contributed by atoms with E-state index in [2.05, 4.69) is 4.99 Å². The molecule has 0 aliphatic heterocycles. The van der Waals surface area contributed by atoms with Crippen molar-refractivity contribution < 1.29 is 17.6 Å². The Kier molecular flexibility index (Phi) is 6.01. The Morgan fingerprint density at radius 3 is 2.52 bits per heavy atom. The van der Waals surface area contributed by atoms with E-state index in [0.717, 1.165) is 5.56 Å². The van der Waals surface area contributed by atoms with Crippen molar-refractivity contribution in [2.24, 2.45) is 4.99 Å². The summed E-state index contributed by atoms with van der Waals surface area (Å²) >= 11 is 1.35. The van der Waals surface area contributed by atoms with Crippen molar-refractivity contribution in [2.45, 2.75) is 24.1 Å². The lowest BCUT2D eigenvalue weighted by Crippen LogP contribution is -2.17. The number of furan rings is 1. The summed E-state index contributed by atoms with van der Waals surface area (Å²) in [6.45, 7) is 2.62. The van der Waals surface area contributed by atoms with Gasteiger partial charge in [-0.1, -0.05) is 48.0 Å². The summed E-state index contributed by atoms with van der Waals surface area (Å²) in [7, 11) is -3.56. The Balaban J connectivity index is 1.52. The molecule has 31 heavy (non-hydrogen) atoms. The van der Waals surface area contributed by atoms with Crippen molar-refractivity contribution in [3.05, 3.63) is 106 Å². The number of thiazole rings is 1. The van der Waals surface area contributed by atoms with E-state index in [-0.39, 0.29) is 22.2 Å². The maximum Gasteiger partial charge on any atom is 0.315 e. The molecule has 0 fully saturated rings. The normalized spacial score (nSPS) is 12.2. The van der Waals surface area contributed by atoms with Crippen LogP contribution in [0.2, 0.25) is 0 Å². The van der Waals surface area contributed by atoms with E-state index in [1.807, 2.05) is 47.3 Å². The molecule has 158 valence electrons. The lowest BCUT2D eigenvalue weighted by atomic mass is 10.1. The number of nitrogens with zero attached hydrogens (tertiary/aromatic N) is 2. The summed E-state index contributed by atoms with van der Waals surface area (Å²) in [5, 5.41) is 1.86. The van der Waals surface area contributed by atoms with Crippen LogP contribution in [-0.2, 0) is 22.1 Å². The molecule has 0 spiro atoms. The largest absolute Gasteiger partial charge is 0.455 e. The number of amides is 1. The maximum atomic E-state index is 12.6. The molecule has 4 aromatic rings. The van der Waals surface area contributed by atoms with Crippen molar-refractivity contribution in [1.29, 1.82) is 0 Å². The second-order valence-electron chi connectivity index (χ2n) is 7.05. The average Bonchev–Trinajstić information content (AvgIpc) is 3.40. The molecule has 0 aliphatic rings. The minimum atomic E-state index is -3.56. The van der Waals surface area contributed by atoms with Gasteiger partial charge in [0.25, 0.3) is 0 Å². The smallest absolute Gasteiger partial charge is 0.315 e. The first-order valence-electron chi connectivity index (χ1n) is 9.56. The maximum absolute atomic E-state index is 12.6. The van der Waals surface area contributed by atoms with Crippen LogP contribution in [0.15, 0.2) is 92.6 Å².